The van der Waals surface area contributed by atoms with Gasteiger partial charge < -0.3 is 19.9 Å². The molecular formula is C12H17NO4. The van der Waals surface area contributed by atoms with Crippen molar-refractivity contribution in [3.8, 4) is 11.5 Å². The van der Waals surface area contributed by atoms with Crippen molar-refractivity contribution in [3.05, 3.63) is 23.8 Å². The Morgan fingerprint density at radius 2 is 1.76 bits per heavy atom. The van der Waals surface area contributed by atoms with Gasteiger partial charge in [-0.15, -0.1) is 0 Å². The number of hydrogen-bond donors (Lipinski definition) is 1. The Kier molecular flexibility index (Phi) is 4.93. The van der Waals surface area contributed by atoms with Crippen LogP contribution in [0.2, 0.25) is 0 Å². The van der Waals surface area contributed by atoms with Crippen LogP contribution in [-0.2, 0) is 4.74 Å². The van der Waals surface area contributed by atoms with Gasteiger partial charge in [0.1, 0.15) is 17.1 Å². The Hall–Kier alpha value is -1.59. The predicted molar refractivity (Wildman–Crippen MR) is 63.7 cm³/mol. The van der Waals surface area contributed by atoms with E-state index in [4.69, 9.17) is 19.9 Å². The third kappa shape index (κ3) is 2.95. The number of Topliss-reactive ketones (excluding diaryl/α,β-unsaturated/α-hetero) is 1. The molecule has 94 valence electrons. The summed E-state index contributed by atoms with van der Waals surface area (Å²) in [4.78, 5) is 12.1. The number of hydrogen-bond acceptors (Lipinski definition) is 5. The van der Waals surface area contributed by atoms with Crippen LogP contribution in [-0.4, -0.2) is 39.8 Å². The topological polar surface area (TPSA) is 70.8 Å². The van der Waals surface area contributed by atoms with Crippen LogP contribution in [0.1, 0.15) is 10.4 Å². The van der Waals surface area contributed by atoms with Crippen LogP contribution in [0.5, 0.6) is 11.5 Å². The van der Waals surface area contributed by atoms with Gasteiger partial charge in [0.2, 0.25) is 0 Å². The highest BCUT2D eigenvalue weighted by Gasteiger charge is 2.23. The van der Waals surface area contributed by atoms with Crippen LogP contribution in [0.25, 0.3) is 0 Å². The lowest BCUT2D eigenvalue weighted by Crippen LogP contribution is -2.35. The summed E-state index contributed by atoms with van der Waals surface area (Å²) < 4.78 is 15.1. The highest BCUT2D eigenvalue weighted by Crippen LogP contribution is 2.29. The molecule has 0 aromatic heterocycles. The molecule has 0 radical (unpaired) electrons. The van der Waals surface area contributed by atoms with Gasteiger partial charge >= 0.3 is 0 Å². The van der Waals surface area contributed by atoms with Gasteiger partial charge in [0, 0.05) is 7.11 Å². The highest BCUT2D eigenvalue weighted by molar-refractivity contribution is 6.04. The lowest BCUT2D eigenvalue weighted by molar-refractivity contribution is 0.0886. The monoisotopic (exact) mass is 239 g/mol. The second kappa shape index (κ2) is 6.22. The summed E-state index contributed by atoms with van der Waals surface area (Å²) in [5, 5.41) is 0. The average molecular weight is 239 g/mol. The van der Waals surface area contributed by atoms with Crippen molar-refractivity contribution in [2.24, 2.45) is 5.73 Å². The van der Waals surface area contributed by atoms with Gasteiger partial charge in [0.05, 0.1) is 26.9 Å². The molecule has 0 bridgehead atoms. The van der Waals surface area contributed by atoms with Gasteiger partial charge in [-0.25, -0.2) is 0 Å². The number of rotatable bonds is 6. The molecule has 0 amide bonds. The van der Waals surface area contributed by atoms with Crippen LogP contribution in [0.15, 0.2) is 18.2 Å². The summed E-state index contributed by atoms with van der Waals surface area (Å²) in [5.41, 5.74) is 6.07. The summed E-state index contributed by atoms with van der Waals surface area (Å²) >= 11 is 0. The number of benzene rings is 1. The standard InChI is InChI=1S/C12H17NO4/c1-15-7-8(13)12(14)11-9(16-2)5-4-6-10(11)17-3/h4-6,8H,7,13H2,1-3H3. The van der Waals surface area contributed by atoms with Crippen molar-refractivity contribution < 1.29 is 19.0 Å². The van der Waals surface area contributed by atoms with Crippen molar-refractivity contribution in [2.75, 3.05) is 27.9 Å². The molecule has 0 saturated carbocycles. The molecule has 1 rings (SSSR count). The maximum Gasteiger partial charge on any atom is 0.189 e. The molecule has 0 heterocycles. The number of methoxy groups -OCH3 is 3. The second-order valence-electron chi connectivity index (χ2n) is 3.46. The maximum absolute atomic E-state index is 12.1. The number of nitrogens with two attached hydrogens (primary N) is 1. The first-order valence-corrected chi connectivity index (χ1v) is 5.15. The zero-order valence-corrected chi connectivity index (χ0v) is 10.2. The minimum Gasteiger partial charge on any atom is -0.496 e. The summed E-state index contributed by atoms with van der Waals surface area (Å²) in [7, 11) is 4.48. The minimum absolute atomic E-state index is 0.153. The molecule has 0 spiro atoms. The first-order valence-electron chi connectivity index (χ1n) is 5.15. The summed E-state index contributed by atoms with van der Waals surface area (Å²) in [6, 6.07) is 4.39. The van der Waals surface area contributed by atoms with Gasteiger partial charge in [-0.3, -0.25) is 4.79 Å². The number of ketones is 1. The maximum atomic E-state index is 12.1. The van der Waals surface area contributed by atoms with E-state index in [1.54, 1.807) is 18.2 Å². The van der Waals surface area contributed by atoms with Crippen molar-refractivity contribution in [3.63, 3.8) is 0 Å². The van der Waals surface area contributed by atoms with E-state index in [0.717, 1.165) is 0 Å². The Morgan fingerprint density at radius 1 is 1.24 bits per heavy atom. The first kappa shape index (κ1) is 13.5. The molecule has 17 heavy (non-hydrogen) atoms. The van der Waals surface area contributed by atoms with Gasteiger partial charge in [-0.05, 0) is 12.1 Å². The number of carbonyl (C=O) groups is 1. The van der Waals surface area contributed by atoms with Crippen molar-refractivity contribution in [2.45, 2.75) is 6.04 Å². The van der Waals surface area contributed by atoms with Crippen molar-refractivity contribution in [1.82, 2.24) is 0 Å². The van der Waals surface area contributed by atoms with E-state index < -0.39 is 6.04 Å². The fraction of sp³-hybridized carbons (Fsp3) is 0.417. The van der Waals surface area contributed by atoms with E-state index >= 15 is 0 Å². The Balaban J connectivity index is 3.13. The number of carbonyl (C=O) groups excluding carboxylic acids is 1. The Labute approximate surface area is 100 Å². The lowest BCUT2D eigenvalue weighted by Gasteiger charge is -2.15. The molecule has 0 aliphatic rings. The fourth-order valence-electron chi connectivity index (χ4n) is 1.53. The summed E-state index contributed by atoms with van der Waals surface area (Å²) in [5.74, 6) is 0.628. The molecule has 1 unspecified atom stereocenters. The van der Waals surface area contributed by atoms with E-state index in [-0.39, 0.29) is 12.4 Å². The SMILES string of the molecule is COCC(N)C(=O)c1c(OC)cccc1OC. The first-order chi connectivity index (χ1) is 8.15. The molecule has 1 atom stereocenters. The molecule has 5 heteroatoms. The van der Waals surface area contributed by atoms with Crippen LogP contribution in [0.4, 0.5) is 0 Å². The third-order valence-corrected chi connectivity index (χ3v) is 2.36. The smallest absolute Gasteiger partial charge is 0.189 e. The van der Waals surface area contributed by atoms with Gasteiger partial charge in [-0.2, -0.15) is 0 Å². The third-order valence-electron chi connectivity index (χ3n) is 2.36. The zero-order chi connectivity index (χ0) is 12.8. The molecular weight excluding hydrogens is 222 g/mol. The highest BCUT2D eigenvalue weighted by atomic mass is 16.5. The molecule has 0 aliphatic heterocycles. The fourth-order valence-corrected chi connectivity index (χ4v) is 1.53. The molecule has 5 nitrogen and oxygen atoms in total. The van der Waals surface area contributed by atoms with E-state index in [2.05, 4.69) is 0 Å². The Bertz CT molecular complexity index is 370. The molecule has 1 aromatic carbocycles. The molecule has 0 fully saturated rings. The lowest BCUT2D eigenvalue weighted by atomic mass is 10.0. The Morgan fingerprint density at radius 3 is 2.18 bits per heavy atom. The largest absolute Gasteiger partial charge is 0.496 e. The summed E-state index contributed by atoms with van der Waals surface area (Å²) in [6.45, 7) is 0.153. The molecule has 2 N–H and O–H groups in total. The predicted octanol–water partition coefficient (Wildman–Crippen LogP) is 0.860. The summed E-state index contributed by atoms with van der Waals surface area (Å²) in [6.07, 6.45) is 0. The normalized spacial score (nSPS) is 12.0. The van der Waals surface area contributed by atoms with Crippen molar-refractivity contribution in [1.29, 1.82) is 0 Å². The van der Waals surface area contributed by atoms with Gasteiger partial charge in [0.15, 0.2) is 5.78 Å². The van der Waals surface area contributed by atoms with E-state index in [0.29, 0.717) is 17.1 Å². The van der Waals surface area contributed by atoms with E-state index in [9.17, 15) is 4.79 Å². The van der Waals surface area contributed by atoms with E-state index in [1.807, 2.05) is 0 Å². The van der Waals surface area contributed by atoms with Crippen LogP contribution in [0.3, 0.4) is 0 Å². The molecule has 1 aromatic rings. The molecule has 0 saturated heterocycles. The van der Waals surface area contributed by atoms with Crippen LogP contribution < -0.4 is 15.2 Å². The van der Waals surface area contributed by atoms with Gasteiger partial charge in [0.25, 0.3) is 0 Å². The second-order valence-corrected chi connectivity index (χ2v) is 3.46. The van der Waals surface area contributed by atoms with Gasteiger partial charge in [-0.1, -0.05) is 6.07 Å². The number of ether oxygens (including phenoxy) is 3. The minimum atomic E-state index is -0.731. The van der Waals surface area contributed by atoms with E-state index in [1.165, 1.54) is 21.3 Å². The van der Waals surface area contributed by atoms with Crippen molar-refractivity contribution >= 4 is 5.78 Å². The zero-order valence-electron chi connectivity index (χ0n) is 10.2. The molecule has 0 aliphatic carbocycles. The van der Waals surface area contributed by atoms with Crippen LogP contribution in [0, 0.1) is 0 Å². The van der Waals surface area contributed by atoms with Crippen LogP contribution >= 0.6 is 0 Å². The quantitative estimate of drug-likeness (QED) is 0.745. The average Bonchev–Trinajstić information content (AvgIpc) is 2.37.